The van der Waals surface area contributed by atoms with Gasteiger partial charge in [-0.15, -0.1) is 0 Å². The number of alkyl halides is 1. The third-order valence-electron chi connectivity index (χ3n) is 5.78. The van der Waals surface area contributed by atoms with Gasteiger partial charge in [-0.1, -0.05) is 40.8 Å². The van der Waals surface area contributed by atoms with Crippen molar-refractivity contribution in [2.75, 3.05) is 170 Å². The van der Waals surface area contributed by atoms with Crippen molar-refractivity contribution >= 4 is 28.6 Å². The minimum atomic E-state index is -0.357. The molecule has 0 aliphatic carbocycles. The maximum Gasteiger partial charge on any atom is 0.338 e. The Morgan fingerprint density at radius 2 is 0.583 bits per heavy atom. The largest absolute Gasteiger partial charge is 0.460 e. The van der Waals surface area contributed by atoms with Crippen LogP contribution in [0.1, 0.15) is 10.4 Å². The van der Waals surface area contributed by atoms with Gasteiger partial charge in [0, 0.05) is 4.43 Å². The summed E-state index contributed by atoms with van der Waals surface area (Å²) in [5.41, 5.74) is 0.525. The van der Waals surface area contributed by atoms with Gasteiger partial charge in [-0.2, -0.15) is 0 Å². The first-order chi connectivity index (χ1) is 23.8. The Labute approximate surface area is 299 Å². The second-order valence-electron chi connectivity index (χ2n) is 9.54. The van der Waals surface area contributed by atoms with Crippen molar-refractivity contribution in [3.05, 3.63) is 35.9 Å². The fourth-order valence-corrected chi connectivity index (χ4v) is 3.74. The molecule has 0 N–H and O–H groups in total. The Balaban J connectivity index is 1.62. The minimum absolute atomic E-state index is 0.201. The van der Waals surface area contributed by atoms with Crippen LogP contribution in [0, 0.1) is 0 Å². The molecule has 0 atom stereocenters. The molecule has 1 aromatic carbocycles. The quantitative estimate of drug-likeness (QED) is 0.0417. The van der Waals surface area contributed by atoms with Crippen LogP contribution >= 0.6 is 22.6 Å². The zero-order chi connectivity index (χ0) is 34.3. The van der Waals surface area contributed by atoms with E-state index in [1.165, 1.54) is 0 Å². The second-order valence-corrected chi connectivity index (χ2v) is 10.6. The lowest BCUT2D eigenvalue weighted by molar-refractivity contribution is -0.0286. The van der Waals surface area contributed by atoms with E-state index in [9.17, 15) is 4.79 Å². The van der Waals surface area contributed by atoms with Crippen LogP contribution in [0.25, 0.3) is 0 Å². The molecule has 1 rings (SSSR count). The van der Waals surface area contributed by atoms with Crippen LogP contribution in [0.2, 0.25) is 0 Å². The first-order valence-electron chi connectivity index (χ1n) is 16.6. The highest BCUT2D eigenvalue weighted by molar-refractivity contribution is 14.1. The Kier molecular flexibility index (Phi) is 36.3. The molecule has 48 heavy (non-hydrogen) atoms. The monoisotopic (exact) mass is 804 g/mol. The standard InChI is InChI=1S/C33H57IO14/c34-6-7-36-8-9-37-10-11-38-12-13-39-14-15-40-16-17-41-18-19-42-20-21-43-22-23-44-24-25-45-26-27-46-28-29-47-30-31-48-33(35)32-4-2-1-3-5-32/h1-5H,6-31H2. The third-order valence-corrected chi connectivity index (χ3v) is 6.22. The maximum atomic E-state index is 11.8. The van der Waals surface area contributed by atoms with Crippen molar-refractivity contribution < 1.29 is 66.4 Å². The number of benzene rings is 1. The smallest absolute Gasteiger partial charge is 0.338 e. The van der Waals surface area contributed by atoms with Gasteiger partial charge in [-0.05, 0) is 12.1 Å². The third kappa shape index (κ3) is 33.4. The summed E-state index contributed by atoms with van der Waals surface area (Å²) in [6, 6.07) is 8.85. The topological polar surface area (TPSA) is 137 Å². The van der Waals surface area contributed by atoms with Gasteiger partial charge in [0.25, 0.3) is 0 Å². The molecular formula is C33H57IO14. The van der Waals surface area contributed by atoms with E-state index in [-0.39, 0.29) is 12.6 Å². The number of rotatable bonds is 39. The normalized spacial score (nSPS) is 11.4. The van der Waals surface area contributed by atoms with Gasteiger partial charge in [-0.3, -0.25) is 0 Å². The SMILES string of the molecule is O=C(OCCOCCOCCOCCOCCOCCOCCOCCOCCOCCOCCOCCOCCI)c1ccccc1. The van der Waals surface area contributed by atoms with Crippen molar-refractivity contribution in [2.24, 2.45) is 0 Å². The minimum Gasteiger partial charge on any atom is -0.460 e. The Morgan fingerprint density at radius 1 is 0.354 bits per heavy atom. The molecule has 1 aromatic rings. The van der Waals surface area contributed by atoms with Gasteiger partial charge in [0.15, 0.2) is 0 Å². The molecule has 0 saturated carbocycles. The number of hydrogen-bond acceptors (Lipinski definition) is 14. The summed E-state index contributed by atoms with van der Waals surface area (Å²) in [6.45, 7) is 12.5. The first-order valence-corrected chi connectivity index (χ1v) is 18.1. The number of hydrogen-bond donors (Lipinski definition) is 0. The molecule has 0 spiro atoms. The second kappa shape index (κ2) is 38.7. The van der Waals surface area contributed by atoms with Crippen LogP contribution in [-0.2, 0) is 61.6 Å². The predicted octanol–water partition coefficient (Wildman–Crippen LogP) is 2.48. The number of carbonyl (C=O) groups is 1. The highest BCUT2D eigenvalue weighted by Gasteiger charge is 2.05. The first kappa shape index (κ1) is 45.0. The van der Waals surface area contributed by atoms with Crippen molar-refractivity contribution in [2.45, 2.75) is 0 Å². The van der Waals surface area contributed by atoms with E-state index in [0.29, 0.717) is 158 Å². The lowest BCUT2D eigenvalue weighted by atomic mass is 10.2. The van der Waals surface area contributed by atoms with Gasteiger partial charge in [-0.25, -0.2) is 4.79 Å². The lowest BCUT2D eigenvalue weighted by Gasteiger charge is -2.09. The van der Waals surface area contributed by atoms with Gasteiger partial charge in [0.2, 0.25) is 0 Å². The van der Waals surface area contributed by atoms with E-state index >= 15 is 0 Å². The van der Waals surface area contributed by atoms with E-state index in [1.807, 2.05) is 6.07 Å². The molecule has 0 saturated heterocycles. The summed E-state index contributed by atoms with van der Waals surface area (Å²) >= 11 is 2.28. The van der Waals surface area contributed by atoms with Crippen LogP contribution in [0.15, 0.2) is 30.3 Å². The average molecular weight is 805 g/mol. The zero-order valence-electron chi connectivity index (χ0n) is 28.4. The molecule has 0 aliphatic rings. The summed E-state index contributed by atoms with van der Waals surface area (Å²) < 4.78 is 71.4. The molecule has 280 valence electrons. The van der Waals surface area contributed by atoms with E-state index in [1.54, 1.807) is 24.3 Å². The highest BCUT2D eigenvalue weighted by Crippen LogP contribution is 2.00. The number of ether oxygens (including phenoxy) is 13. The van der Waals surface area contributed by atoms with E-state index in [4.69, 9.17) is 61.6 Å². The molecule has 0 heterocycles. The van der Waals surface area contributed by atoms with E-state index in [2.05, 4.69) is 22.6 Å². The summed E-state index contributed by atoms with van der Waals surface area (Å²) in [6.07, 6.45) is 0. The Bertz CT molecular complexity index is 780. The predicted molar refractivity (Wildman–Crippen MR) is 185 cm³/mol. The molecule has 0 bridgehead atoms. The summed E-state index contributed by atoms with van der Waals surface area (Å²) in [5.74, 6) is -0.357. The summed E-state index contributed by atoms with van der Waals surface area (Å²) in [7, 11) is 0. The Morgan fingerprint density at radius 3 is 0.833 bits per heavy atom. The van der Waals surface area contributed by atoms with Crippen LogP contribution in [-0.4, -0.2) is 176 Å². The molecular weight excluding hydrogens is 747 g/mol. The number of carbonyl (C=O) groups excluding carboxylic acids is 1. The molecule has 0 fully saturated rings. The van der Waals surface area contributed by atoms with E-state index < -0.39 is 0 Å². The summed E-state index contributed by atoms with van der Waals surface area (Å²) in [4.78, 5) is 11.8. The molecule has 0 unspecified atom stereocenters. The summed E-state index contributed by atoms with van der Waals surface area (Å²) in [5, 5.41) is 0. The van der Waals surface area contributed by atoms with Crippen molar-refractivity contribution in [3.63, 3.8) is 0 Å². The highest BCUT2D eigenvalue weighted by atomic mass is 127. The fourth-order valence-electron chi connectivity index (χ4n) is 3.43. The van der Waals surface area contributed by atoms with Gasteiger partial charge < -0.3 is 61.6 Å². The Hall–Kier alpha value is -1.06. The maximum absolute atomic E-state index is 11.8. The lowest BCUT2D eigenvalue weighted by Crippen LogP contribution is -2.16. The van der Waals surface area contributed by atoms with Crippen molar-refractivity contribution in [3.8, 4) is 0 Å². The molecule has 0 amide bonds. The fraction of sp³-hybridized carbons (Fsp3) is 0.788. The van der Waals surface area contributed by atoms with Crippen molar-refractivity contribution in [1.29, 1.82) is 0 Å². The molecule has 14 nitrogen and oxygen atoms in total. The number of halogens is 1. The molecule has 0 radical (unpaired) electrons. The molecule has 0 aliphatic heterocycles. The number of esters is 1. The van der Waals surface area contributed by atoms with Crippen molar-refractivity contribution in [1.82, 2.24) is 0 Å². The van der Waals surface area contributed by atoms with Gasteiger partial charge >= 0.3 is 5.97 Å². The zero-order valence-corrected chi connectivity index (χ0v) is 30.5. The molecule has 15 heteroatoms. The van der Waals surface area contributed by atoms with Crippen LogP contribution in [0.5, 0.6) is 0 Å². The van der Waals surface area contributed by atoms with E-state index in [0.717, 1.165) is 11.0 Å². The average Bonchev–Trinajstić information content (AvgIpc) is 3.11. The van der Waals surface area contributed by atoms with Gasteiger partial charge in [0.05, 0.1) is 164 Å². The van der Waals surface area contributed by atoms with Crippen LogP contribution in [0.4, 0.5) is 0 Å². The van der Waals surface area contributed by atoms with Gasteiger partial charge in [0.1, 0.15) is 6.61 Å². The van der Waals surface area contributed by atoms with Crippen LogP contribution in [0.3, 0.4) is 0 Å². The van der Waals surface area contributed by atoms with Crippen LogP contribution < -0.4 is 0 Å². The molecule has 0 aromatic heterocycles.